The molecule has 112 valence electrons. The third kappa shape index (κ3) is 5.99. The zero-order valence-corrected chi connectivity index (χ0v) is 12.9. The molecule has 5 nitrogen and oxygen atoms in total. The van der Waals surface area contributed by atoms with Crippen molar-refractivity contribution >= 4 is 11.8 Å². The van der Waals surface area contributed by atoms with Crippen LogP contribution in [0.2, 0.25) is 0 Å². The number of carbonyl (C=O) groups excluding carboxylic acids is 1. The van der Waals surface area contributed by atoms with Crippen LogP contribution in [0.1, 0.15) is 57.0 Å². The fourth-order valence-corrected chi connectivity index (χ4v) is 1.83. The van der Waals surface area contributed by atoms with Crippen molar-refractivity contribution in [1.82, 2.24) is 9.97 Å². The highest BCUT2D eigenvalue weighted by Gasteiger charge is 2.05. The first kappa shape index (κ1) is 16.4. The van der Waals surface area contributed by atoms with Crippen molar-refractivity contribution in [2.24, 2.45) is 0 Å². The molecule has 0 spiro atoms. The Morgan fingerprint density at radius 1 is 1.30 bits per heavy atom. The summed E-state index contributed by atoms with van der Waals surface area (Å²) in [6.45, 7) is 7.01. The molecule has 0 unspecified atom stereocenters. The Balaban J connectivity index is 2.30. The van der Waals surface area contributed by atoms with Crippen LogP contribution >= 0.6 is 0 Å². The van der Waals surface area contributed by atoms with Crippen LogP contribution in [0, 0.1) is 6.92 Å². The molecule has 0 fully saturated rings. The van der Waals surface area contributed by atoms with E-state index in [0.717, 1.165) is 43.1 Å². The molecule has 0 bridgehead atoms. The van der Waals surface area contributed by atoms with Gasteiger partial charge in [-0.3, -0.25) is 4.79 Å². The highest BCUT2D eigenvalue weighted by atomic mass is 16.5. The molecule has 0 aliphatic rings. The molecule has 0 saturated heterocycles. The van der Waals surface area contributed by atoms with Gasteiger partial charge in [-0.2, -0.15) is 0 Å². The van der Waals surface area contributed by atoms with Crippen molar-refractivity contribution < 1.29 is 9.53 Å². The van der Waals surface area contributed by atoms with Crippen LogP contribution in [0.5, 0.6) is 0 Å². The number of esters is 1. The summed E-state index contributed by atoms with van der Waals surface area (Å²) < 4.78 is 4.60. The van der Waals surface area contributed by atoms with E-state index in [0.29, 0.717) is 12.3 Å². The molecule has 0 amide bonds. The van der Waals surface area contributed by atoms with Gasteiger partial charge < -0.3 is 10.1 Å². The van der Waals surface area contributed by atoms with Gasteiger partial charge in [-0.15, -0.1) is 0 Å². The maximum absolute atomic E-state index is 10.9. The van der Waals surface area contributed by atoms with E-state index in [4.69, 9.17) is 0 Å². The number of hydrogen-bond donors (Lipinski definition) is 1. The van der Waals surface area contributed by atoms with Crippen molar-refractivity contribution in [1.29, 1.82) is 0 Å². The average Bonchev–Trinajstić information content (AvgIpc) is 2.41. The number of anilines is 1. The second-order valence-corrected chi connectivity index (χ2v) is 5.22. The molecule has 0 atom stereocenters. The summed E-state index contributed by atoms with van der Waals surface area (Å²) in [5.41, 5.74) is 0.983. The van der Waals surface area contributed by atoms with Crippen molar-refractivity contribution in [2.45, 2.75) is 52.4 Å². The number of nitrogens with zero attached hydrogens (tertiary/aromatic N) is 2. The SMILES string of the molecule is COC(=O)CCCCCNc1cc(C)nc(C(C)C)n1. The molecule has 0 aromatic carbocycles. The van der Waals surface area contributed by atoms with E-state index in [1.165, 1.54) is 7.11 Å². The summed E-state index contributed by atoms with van der Waals surface area (Å²) in [4.78, 5) is 19.9. The lowest BCUT2D eigenvalue weighted by Crippen LogP contribution is -2.08. The molecule has 20 heavy (non-hydrogen) atoms. The molecule has 1 heterocycles. The minimum atomic E-state index is -0.133. The maximum Gasteiger partial charge on any atom is 0.305 e. The fraction of sp³-hybridized carbons (Fsp3) is 0.667. The first-order valence-electron chi connectivity index (χ1n) is 7.19. The molecule has 0 aliphatic heterocycles. The Labute approximate surface area is 121 Å². The van der Waals surface area contributed by atoms with Gasteiger partial charge in [0.25, 0.3) is 0 Å². The topological polar surface area (TPSA) is 64.1 Å². The van der Waals surface area contributed by atoms with E-state index in [9.17, 15) is 4.79 Å². The van der Waals surface area contributed by atoms with Crippen LogP contribution < -0.4 is 5.32 Å². The zero-order valence-electron chi connectivity index (χ0n) is 12.9. The van der Waals surface area contributed by atoms with E-state index < -0.39 is 0 Å². The number of unbranched alkanes of at least 4 members (excludes halogenated alkanes) is 2. The Morgan fingerprint density at radius 3 is 2.70 bits per heavy atom. The molecule has 0 radical (unpaired) electrons. The van der Waals surface area contributed by atoms with Crippen LogP contribution in [-0.2, 0) is 9.53 Å². The van der Waals surface area contributed by atoms with Crippen LogP contribution in [0.4, 0.5) is 5.82 Å². The van der Waals surface area contributed by atoms with Crippen molar-refractivity contribution in [2.75, 3.05) is 19.0 Å². The second kappa shape index (κ2) is 8.51. The summed E-state index contributed by atoms with van der Waals surface area (Å²) in [6, 6.07) is 1.96. The first-order chi connectivity index (χ1) is 9.52. The molecular formula is C15H25N3O2. The third-order valence-corrected chi connectivity index (χ3v) is 2.98. The Kier molecular flexibility index (Phi) is 6.98. The van der Waals surface area contributed by atoms with E-state index in [-0.39, 0.29) is 5.97 Å². The predicted octanol–water partition coefficient (Wildman–Crippen LogP) is 3.05. The lowest BCUT2D eigenvalue weighted by molar-refractivity contribution is -0.140. The van der Waals surface area contributed by atoms with Crippen molar-refractivity contribution in [3.8, 4) is 0 Å². The number of aromatic nitrogens is 2. The van der Waals surface area contributed by atoms with Gasteiger partial charge in [-0.1, -0.05) is 20.3 Å². The predicted molar refractivity (Wildman–Crippen MR) is 79.8 cm³/mol. The highest BCUT2D eigenvalue weighted by molar-refractivity contribution is 5.68. The summed E-state index contributed by atoms with van der Waals surface area (Å²) >= 11 is 0. The Morgan fingerprint density at radius 2 is 2.05 bits per heavy atom. The van der Waals surface area contributed by atoms with Gasteiger partial charge in [0.1, 0.15) is 11.6 Å². The standard InChI is InChI=1S/C15H25N3O2/c1-11(2)15-17-12(3)10-13(18-15)16-9-7-5-6-8-14(19)20-4/h10-11H,5-9H2,1-4H3,(H,16,17,18). The lowest BCUT2D eigenvalue weighted by Gasteiger charge is -2.10. The van der Waals surface area contributed by atoms with E-state index in [2.05, 4.69) is 33.9 Å². The number of nitrogens with one attached hydrogen (secondary N) is 1. The van der Waals surface area contributed by atoms with E-state index in [1.54, 1.807) is 0 Å². The second-order valence-electron chi connectivity index (χ2n) is 5.22. The van der Waals surface area contributed by atoms with Crippen LogP contribution in [0.25, 0.3) is 0 Å². The van der Waals surface area contributed by atoms with Crippen LogP contribution in [0.15, 0.2) is 6.07 Å². The van der Waals surface area contributed by atoms with Gasteiger partial charge in [0.15, 0.2) is 0 Å². The number of methoxy groups -OCH3 is 1. The van der Waals surface area contributed by atoms with E-state index in [1.807, 2.05) is 13.0 Å². The number of carbonyl (C=O) groups is 1. The monoisotopic (exact) mass is 279 g/mol. The summed E-state index contributed by atoms with van der Waals surface area (Å²) in [7, 11) is 1.42. The Bertz CT molecular complexity index is 433. The summed E-state index contributed by atoms with van der Waals surface area (Å²) in [6.07, 6.45) is 3.38. The molecule has 5 heteroatoms. The van der Waals surface area contributed by atoms with E-state index >= 15 is 0 Å². The largest absolute Gasteiger partial charge is 0.469 e. The molecule has 1 aromatic rings. The molecule has 0 saturated carbocycles. The zero-order chi connectivity index (χ0) is 15.0. The molecule has 0 aliphatic carbocycles. The number of ether oxygens (including phenoxy) is 1. The molecule has 1 N–H and O–H groups in total. The van der Waals surface area contributed by atoms with Gasteiger partial charge in [0.05, 0.1) is 7.11 Å². The highest BCUT2D eigenvalue weighted by Crippen LogP contribution is 2.13. The minimum absolute atomic E-state index is 0.133. The first-order valence-corrected chi connectivity index (χ1v) is 7.19. The average molecular weight is 279 g/mol. The lowest BCUT2D eigenvalue weighted by atomic mass is 10.2. The minimum Gasteiger partial charge on any atom is -0.469 e. The van der Waals surface area contributed by atoms with Gasteiger partial charge in [-0.05, 0) is 19.8 Å². The number of aryl methyl sites for hydroxylation is 1. The quantitative estimate of drug-likeness (QED) is 0.585. The molecule has 1 aromatic heterocycles. The van der Waals surface area contributed by atoms with Crippen LogP contribution in [0.3, 0.4) is 0 Å². The summed E-state index contributed by atoms with van der Waals surface area (Å²) in [5, 5.41) is 3.32. The molecule has 1 rings (SSSR count). The fourth-order valence-electron chi connectivity index (χ4n) is 1.83. The van der Waals surface area contributed by atoms with Crippen LogP contribution in [-0.4, -0.2) is 29.6 Å². The normalized spacial score (nSPS) is 10.7. The number of hydrogen-bond acceptors (Lipinski definition) is 5. The van der Waals surface area contributed by atoms with Crippen molar-refractivity contribution in [3.63, 3.8) is 0 Å². The summed E-state index contributed by atoms with van der Waals surface area (Å²) in [5.74, 6) is 1.95. The van der Waals surface area contributed by atoms with Gasteiger partial charge in [0.2, 0.25) is 0 Å². The Hall–Kier alpha value is -1.65. The number of rotatable bonds is 8. The van der Waals surface area contributed by atoms with Gasteiger partial charge in [-0.25, -0.2) is 9.97 Å². The van der Waals surface area contributed by atoms with Gasteiger partial charge in [0, 0.05) is 30.6 Å². The maximum atomic E-state index is 10.9. The van der Waals surface area contributed by atoms with Crippen molar-refractivity contribution in [3.05, 3.63) is 17.6 Å². The smallest absolute Gasteiger partial charge is 0.305 e. The third-order valence-electron chi connectivity index (χ3n) is 2.98. The van der Waals surface area contributed by atoms with Gasteiger partial charge >= 0.3 is 5.97 Å². The molecular weight excluding hydrogens is 254 g/mol.